The van der Waals surface area contributed by atoms with Crippen LogP contribution in [-0.4, -0.2) is 67.5 Å². The molecule has 45 heavy (non-hydrogen) atoms. The summed E-state index contributed by atoms with van der Waals surface area (Å²) in [7, 11) is 0. The van der Waals surface area contributed by atoms with Gasteiger partial charge in [-0.05, 0) is 49.0 Å². The SMILES string of the molecule is C#Cc1c(F)ccc2cc(O)cc(-c3ncc4c(-c5cc6n(c5)CCOC6)nc(OC[C@@]56CCCN5C[C@H](F)C6)nc4c3F)c12. The van der Waals surface area contributed by atoms with E-state index in [9.17, 15) is 13.9 Å². The van der Waals surface area contributed by atoms with E-state index in [-0.39, 0.29) is 46.1 Å². The second-order valence-electron chi connectivity index (χ2n) is 12.0. The highest BCUT2D eigenvalue weighted by Crippen LogP contribution is 2.42. The molecule has 3 aromatic heterocycles. The third-order valence-electron chi connectivity index (χ3n) is 9.33. The number of ether oxygens (including phenoxy) is 2. The van der Waals surface area contributed by atoms with Gasteiger partial charge >= 0.3 is 6.01 Å². The van der Waals surface area contributed by atoms with E-state index in [1.807, 2.05) is 12.3 Å². The maximum Gasteiger partial charge on any atom is 0.317 e. The predicted molar refractivity (Wildman–Crippen MR) is 161 cm³/mol. The van der Waals surface area contributed by atoms with E-state index in [4.69, 9.17) is 20.9 Å². The third-order valence-corrected chi connectivity index (χ3v) is 9.33. The number of nitrogens with zero attached hydrogens (tertiary/aromatic N) is 5. The van der Waals surface area contributed by atoms with Crippen LogP contribution in [0.1, 0.15) is 30.5 Å². The quantitative estimate of drug-likeness (QED) is 0.253. The summed E-state index contributed by atoms with van der Waals surface area (Å²) in [6.07, 6.45) is 10.2. The first-order chi connectivity index (χ1) is 21.8. The summed E-state index contributed by atoms with van der Waals surface area (Å²) in [5.41, 5.74) is 1.45. The molecular weight excluding hydrogens is 583 g/mol. The van der Waals surface area contributed by atoms with Gasteiger partial charge in [-0.1, -0.05) is 12.0 Å². The van der Waals surface area contributed by atoms with E-state index in [1.165, 1.54) is 30.5 Å². The van der Waals surface area contributed by atoms with Gasteiger partial charge in [0.2, 0.25) is 0 Å². The summed E-state index contributed by atoms with van der Waals surface area (Å²) in [5, 5.41) is 11.5. The van der Waals surface area contributed by atoms with Crippen molar-refractivity contribution in [3.05, 3.63) is 65.6 Å². The first-order valence-corrected chi connectivity index (χ1v) is 14.9. The Kier molecular flexibility index (Phi) is 6.48. The average molecular weight is 612 g/mol. The second-order valence-corrected chi connectivity index (χ2v) is 12.0. The molecule has 0 bridgehead atoms. The molecule has 228 valence electrons. The number of phenols is 1. The number of aromatic nitrogens is 4. The number of terminal acetylenes is 1. The van der Waals surface area contributed by atoms with Crippen LogP contribution in [0.5, 0.6) is 11.8 Å². The zero-order valence-electron chi connectivity index (χ0n) is 24.2. The topological polar surface area (TPSA) is 85.5 Å². The number of rotatable bonds is 5. The van der Waals surface area contributed by atoms with Crippen molar-refractivity contribution >= 4 is 21.7 Å². The molecular formula is C34H28F3N5O3. The smallest absolute Gasteiger partial charge is 0.317 e. The van der Waals surface area contributed by atoms with Gasteiger partial charge in [0.25, 0.3) is 0 Å². The lowest BCUT2D eigenvalue weighted by atomic mass is 9.95. The fraction of sp³-hybridized carbons (Fsp3) is 0.324. The molecule has 2 atom stereocenters. The molecule has 0 saturated carbocycles. The number of hydrogen-bond acceptors (Lipinski definition) is 7. The van der Waals surface area contributed by atoms with Crippen molar-refractivity contribution < 1.29 is 27.8 Å². The van der Waals surface area contributed by atoms with Crippen molar-refractivity contribution in [3.8, 4) is 46.6 Å². The molecule has 0 unspecified atom stereocenters. The summed E-state index contributed by atoms with van der Waals surface area (Å²) in [6, 6.07) is 7.30. The molecule has 3 aliphatic heterocycles. The van der Waals surface area contributed by atoms with Gasteiger partial charge in [-0.15, -0.1) is 6.42 Å². The van der Waals surface area contributed by atoms with E-state index < -0.39 is 23.3 Å². The van der Waals surface area contributed by atoms with Gasteiger partial charge in [-0.3, -0.25) is 9.88 Å². The molecule has 2 fully saturated rings. The summed E-state index contributed by atoms with van der Waals surface area (Å²) in [5.74, 6) is 0.737. The van der Waals surface area contributed by atoms with Crippen LogP contribution in [-0.2, 0) is 17.9 Å². The Morgan fingerprint density at radius 2 is 2.04 bits per heavy atom. The molecule has 1 N–H and O–H groups in total. The largest absolute Gasteiger partial charge is 0.508 e. The van der Waals surface area contributed by atoms with Crippen LogP contribution in [0, 0.1) is 24.0 Å². The van der Waals surface area contributed by atoms with E-state index in [1.54, 1.807) is 0 Å². The predicted octanol–water partition coefficient (Wildman–Crippen LogP) is 5.76. The molecule has 0 amide bonds. The van der Waals surface area contributed by atoms with Crippen molar-refractivity contribution in [2.45, 2.75) is 44.1 Å². The van der Waals surface area contributed by atoms with Crippen molar-refractivity contribution in [1.29, 1.82) is 0 Å². The fourth-order valence-electron chi connectivity index (χ4n) is 7.26. The van der Waals surface area contributed by atoms with E-state index in [0.717, 1.165) is 25.1 Å². The molecule has 0 spiro atoms. The van der Waals surface area contributed by atoms with Crippen LogP contribution >= 0.6 is 0 Å². The molecule has 6 heterocycles. The summed E-state index contributed by atoms with van der Waals surface area (Å²) >= 11 is 0. The molecule has 3 aliphatic rings. The summed E-state index contributed by atoms with van der Waals surface area (Å²) in [6.45, 7) is 3.01. The third kappa shape index (κ3) is 4.51. The van der Waals surface area contributed by atoms with Gasteiger partial charge in [0, 0.05) is 59.5 Å². The maximum absolute atomic E-state index is 16.7. The van der Waals surface area contributed by atoms with Crippen LogP contribution in [0.4, 0.5) is 13.2 Å². The van der Waals surface area contributed by atoms with E-state index in [2.05, 4.69) is 25.4 Å². The van der Waals surface area contributed by atoms with Crippen LogP contribution in [0.3, 0.4) is 0 Å². The molecule has 8 rings (SSSR count). The van der Waals surface area contributed by atoms with Gasteiger partial charge in [0.15, 0.2) is 5.82 Å². The minimum atomic E-state index is -0.933. The number of benzene rings is 2. The highest BCUT2D eigenvalue weighted by Gasteiger charge is 2.49. The van der Waals surface area contributed by atoms with Crippen LogP contribution in [0.15, 0.2) is 42.7 Å². The lowest BCUT2D eigenvalue weighted by molar-refractivity contribution is 0.0850. The molecule has 11 heteroatoms. The number of hydrogen-bond donors (Lipinski definition) is 1. The number of pyridine rings is 1. The van der Waals surface area contributed by atoms with Crippen molar-refractivity contribution in [2.24, 2.45) is 0 Å². The minimum Gasteiger partial charge on any atom is -0.508 e. The lowest BCUT2D eigenvalue weighted by Crippen LogP contribution is -2.43. The molecule has 8 nitrogen and oxygen atoms in total. The number of aromatic hydroxyl groups is 1. The Morgan fingerprint density at radius 1 is 1.16 bits per heavy atom. The van der Waals surface area contributed by atoms with Gasteiger partial charge in [0.1, 0.15) is 35.6 Å². The highest BCUT2D eigenvalue weighted by atomic mass is 19.1. The first kappa shape index (κ1) is 27.9. The monoisotopic (exact) mass is 611 g/mol. The zero-order chi connectivity index (χ0) is 30.9. The van der Waals surface area contributed by atoms with Crippen molar-refractivity contribution in [2.75, 3.05) is 26.3 Å². The number of alkyl halides is 1. The minimum absolute atomic E-state index is 0.0476. The van der Waals surface area contributed by atoms with E-state index >= 15 is 4.39 Å². The second kappa shape index (κ2) is 10.5. The Balaban J connectivity index is 1.31. The molecule has 0 aliphatic carbocycles. The van der Waals surface area contributed by atoms with E-state index in [0.29, 0.717) is 54.8 Å². The molecule has 0 radical (unpaired) electrons. The van der Waals surface area contributed by atoms with Crippen molar-refractivity contribution in [1.82, 2.24) is 24.4 Å². The Morgan fingerprint density at radius 3 is 2.89 bits per heavy atom. The summed E-state index contributed by atoms with van der Waals surface area (Å²) < 4.78 is 59.9. The highest BCUT2D eigenvalue weighted by molar-refractivity contribution is 6.03. The average Bonchev–Trinajstić information content (AvgIpc) is 3.72. The van der Waals surface area contributed by atoms with Crippen LogP contribution < -0.4 is 4.74 Å². The Labute approximate surface area is 256 Å². The van der Waals surface area contributed by atoms with Crippen LogP contribution in [0.25, 0.3) is 44.2 Å². The standard InChI is InChI=1S/C34H28F3N5O3/c1-2-24-27(36)5-4-19-11-23(43)12-25(28(19)24)31-29(37)32-26(14-38-31)30(20-10-22-17-44-9-8-41(22)15-20)39-33(40-32)45-18-34-6-3-7-42(34)16-21(35)13-34/h1,4-5,10-12,14-15,21,43H,3,6-9,13,16-18H2/t21-,34+/m1/s1. The Bertz CT molecular complexity index is 2030. The number of halogens is 3. The van der Waals surface area contributed by atoms with Crippen LogP contribution in [0.2, 0.25) is 0 Å². The summed E-state index contributed by atoms with van der Waals surface area (Å²) in [4.78, 5) is 15.8. The van der Waals surface area contributed by atoms with Gasteiger partial charge in [0.05, 0.1) is 30.0 Å². The normalized spacial score (nSPS) is 21.2. The maximum atomic E-state index is 16.7. The van der Waals surface area contributed by atoms with Crippen molar-refractivity contribution in [3.63, 3.8) is 0 Å². The first-order valence-electron chi connectivity index (χ1n) is 14.9. The zero-order valence-corrected chi connectivity index (χ0v) is 24.2. The molecule has 2 saturated heterocycles. The Hall–Kier alpha value is -4.66. The molecule has 5 aromatic rings. The van der Waals surface area contributed by atoms with Gasteiger partial charge in [-0.25, -0.2) is 13.2 Å². The van der Waals surface area contributed by atoms with Gasteiger partial charge in [-0.2, -0.15) is 9.97 Å². The molecule has 2 aromatic carbocycles. The lowest BCUT2D eigenvalue weighted by Gasteiger charge is -2.30. The van der Waals surface area contributed by atoms with Gasteiger partial charge < -0.3 is 19.1 Å². The fourth-order valence-corrected chi connectivity index (χ4v) is 7.26. The number of fused-ring (bicyclic) bond motifs is 4. The number of phenolic OH excluding ortho intramolecular Hbond substituents is 1.